The number of sulfonamides is 1. The van der Waals surface area contributed by atoms with Gasteiger partial charge in [-0.2, -0.15) is 0 Å². The third-order valence-corrected chi connectivity index (χ3v) is 9.09. The number of nitrogens with zero attached hydrogens (tertiary/aromatic N) is 2. The molecule has 0 aliphatic heterocycles. The molecule has 0 bridgehead atoms. The Morgan fingerprint density at radius 2 is 1.57 bits per heavy atom. The number of rotatable bonds is 12. The van der Waals surface area contributed by atoms with Gasteiger partial charge in [-0.15, -0.1) is 0 Å². The van der Waals surface area contributed by atoms with Crippen LogP contribution in [0.5, 0.6) is 0 Å². The van der Waals surface area contributed by atoms with Crippen LogP contribution in [0.3, 0.4) is 0 Å². The van der Waals surface area contributed by atoms with E-state index >= 15 is 0 Å². The van der Waals surface area contributed by atoms with Gasteiger partial charge in [-0.3, -0.25) is 13.9 Å². The molecule has 1 N–H and O–H groups in total. The highest BCUT2D eigenvalue weighted by Crippen LogP contribution is 2.27. The first kappa shape index (κ1) is 31.4. The van der Waals surface area contributed by atoms with Crippen molar-refractivity contribution in [3.8, 4) is 0 Å². The van der Waals surface area contributed by atoms with Gasteiger partial charge >= 0.3 is 0 Å². The van der Waals surface area contributed by atoms with E-state index in [2.05, 4.69) is 21.2 Å². The molecule has 214 valence electrons. The maximum absolute atomic E-state index is 14.1. The van der Waals surface area contributed by atoms with Gasteiger partial charge in [-0.05, 0) is 69.5 Å². The Balaban J connectivity index is 2.06. The van der Waals surface area contributed by atoms with Crippen LogP contribution in [0.4, 0.5) is 5.69 Å². The molecule has 0 saturated carbocycles. The Hall–Kier alpha value is -3.17. The largest absolute Gasteiger partial charge is 0.352 e. The molecule has 0 radical (unpaired) electrons. The second-order valence-corrected chi connectivity index (χ2v) is 12.8. The van der Waals surface area contributed by atoms with Crippen molar-refractivity contribution in [2.45, 2.75) is 71.0 Å². The van der Waals surface area contributed by atoms with Crippen LogP contribution >= 0.6 is 15.9 Å². The van der Waals surface area contributed by atoms with E-state index in [0.29, 0.717) is 16.6 Å². The second-order valence-electron chi connectivity index (χ2n) is 10.1. The second kappa shape index (κ2) is 13.9. The Morgan fingerprint density at radius 3 is 2.17 bits per heavy atom. The van der Waals surface area contributed by atoms with Crippen molar-refractivity contribution >= 4 is 43.5 Å². The van der Waals surface area contributed by atoms with Crippen LogP contribution < -0.4 is 9.62 Å². The van der Waals surface area contributed by atoms with Gasteiger partial charge in [0.2, 0.25) is 11.8 Å². The van der Waals surface area contributed by atoms with Crippen molar-refractivity contribution in [3.63, 3.8) is 0 Å². The van der Waals surface area contributed by atoms with Crippen LogP contribution in [0.1, 0.15) is 50.3 Å². The lowest BCUT2D eigenvalue weighted by atomic mass is 10.1. The molecule has 7 nitrogen and oxygen atoms in total. The van der Waals surface area contributed by atoms with Crippen LogP contribution in [0.25, 0.3) is 0 Å². The summed E-state index contributed by atoms with van der Waals surface area (Å²) < 4.78 is 29.7. The fourth-order valence-corrected chi connectivity index (χ4v) is 6.16. The Morgan fingerprint density at radius 1 is 0.900 bits per heavy atom. The zero-order valence-corrected chi connectivity index (χ0v) is 26.1. The number of carbonyl (C=O) groups excluding carboxylic acids is 2. The van der Waals surface area contributed by atoms with Crippen molar-refractivity contribution in [1.82, 2.24) is 10.2 Å². The number of amides is 2. The molecule has 2 atom stereocenters. The minimum atomic E-state index is -4.11. The average molecular weight is 629 g/mol. The molecule has 3 aromatic carbocycles. The third kappa shape index (κ3) is 7.95. The number of hydrogen-bond acceptors (Lipinski definition) is 4. The smallest absolute Gasteiger partial charge is 0.264 e. The quantitative estimate of drug-likeness (QED) is 0.267. The molecule has 3 aromatic rings. The Bertz CT molecular complexity index is 1430. The predicted molar refractivity (Wildman–Crippen MR) is 164 cm³/mol. The molecular formula is C31H38BrN3O4S. The van der Waals surface area contributed by atoms with Gasteiger partial charge in [0.1, 0.15) is 12.6 Å². The van der Waals surface area contributed by atoms with E-state index in [0.717, 1.165) is 27.4 Å². The molecule has 0 aliphatic carbocycles. The summed E-state index contributed by atoms with van der Waals surface area (Å²) in [6, 6.07) is 20.3. The van der Waals surface area contributed by atoms with Crippen LogP contribution in [0, 0.1) is 13.8 Å². The van der Waals surface area contributed by atoms with Crippen molar-refractivity contribution in [3.05, 3.63) is 94.0 Å². The van der Waals surface area contributed by atoms with Crippen molar-refractivity contribution in [2.75, 3.05) is 10.8 Å². The molecule has 0 spiro atoms. The van der Waals surface area contributed by atoms with Crippen LogP contribution in [-0.2, 0) is 26.2 Å². The van der Waals surface area contributed by atoms with E-state index in [1.54, 1.807) is 48.5 Å². The molecule has 2 unspecified atom stereocenters. The first-order valence-electron chi connectivity index (χ1n) is 13.5. The maximum atomic E-state index is 14.1. The first-order valence-corrected chi connectivity index (χ1v) is 15.7. The van der Waals surface area contributed by atoms with Gasteiger partial charge in [-0.25, -0.2) is 8.42 Å². The van der Waals surface area contributed by atoms with E-state index in [4.69, 9.17) is 0 Å². The summed E-state index contributed by atoms with van der Waals surface area (Å²) in [6.45, 7) is 9.30. The number of benzene rings is 3. The average Bonchev–Trinajstić information content (AvgIpc) is 2.91. The van der Waals surface area contributed by atoms with Crippen molar-refractivity contribution in [1.29, 1.82) is 0 Å². The molecule has 3 rings (SSSR count). The SMILES string of the molecule is CCC(C)NC(=O)C(CC)N(Cc1cccc(C)c1)C(=O)CN(c1cccc(Br)c1)S(=O)(=O)c1ccc(C)cc1. The number of anilines is 1. The van der Waals surface area contributed by atoms with E-state index in [1.807, 2.05) is 58.9 Å². The van der Waals surface area contributed by atoms with Gasteiger partial charge in [0.25, 0.3) is 10.0 Å². The third-order valence-electron chi connectivity index (χ3n) is 6.81. The molecule has 0 fully saturated rings. The lowest BCUT2D eigenvalue weighted by molar-refractivity contribution is -0.140. The summed E-state index contributed by atoms with van der Waals surface area (Å²) in [5, 5.41) is 3.00. The van der Waals surface area contributed by atoms with E-state index in [9.17, 15) is 18.0 Å². The normalized spacial score (nSPS) is 12.8. The maximum Gasteiger partial charge on any atom is 0.264 e. The summed E-state index contributed by atoms with van der Waals surface area (Å²) in [5.74, 6) is -0.725. The summed E-state index contributed by atoms with van der Waals surface area (Å²) in [4.78, 5) is 29.1. The zero-order chi connectivity index (χ0) is 29.4. The molecular weight excluding hydrogens is 590 g/mol. The molecule has 0 heterocycles. The van der Waals surface area contributed by atoms with Crippen LogP contribution in [-0.4, -0.2) is 43.8 Å². The summed E-state index contributed by atoms with van der Waals surface area (Å²) >= 11 is 3.42. The van der Waals surface area contributed by atoms with Gasteiger partial charge in [0.05, 0.1) is 10.6 Å². The lowest BCUT2D eigenvalue weighted by Crippen LogP contribution is -2.53. The predicted octanol–water partition coefficient (Wildman–Crippen LogP) is 5.98. The number of nitrogens with one attached hydrogen (secondary N) is 1. The van der Waals surface area contributed by atoms with E-state index < -0.39 is 28.5 Å². The number of carbonyl (C=O) groups is 2. The van der Waals surface area contributed by atoms with Gasteiger partial charge in [-0.1, -0.05) is 83.4 Å². The monoisotopic (exact) mass is 627 g/mol. The minimum absolute atomic E-state index is 0.0578. The molecule has 9 heteroatoms. The molecule has 0 aliphatic rings. The minimum Gasteiger partial charge on any atom is -0.352 e. The topological polar surface area (TPSA) is 86.8 Å². The summed E-state index contributed by atoms with van der Waals surface area (Å²) in [7, 11) is -4.11. The molecule has 2 amide bonds. The number of aryl methyl sites for hydroxylation is 2. The molecule has 0 aromatic heterocycles. The van der Waals surface area contributed by atoms with Gasteiger partial charge in [0, 0.05) is 17.1 Å². The number of halogens is 1. The Kier molecular flexibility index (Phi) is 10.9. The molecule has 0 saturated heterocycles. The van der Waals surface area contributed by atoms with Gasteiger partial charge < -0.3 is 10.2 Å². The standard InChI is InChI=1S/C31H38BrN3O4S/c1-6-24(5)33-31(37)29(7-2)34(20-25-11-8-10-23(4)18-25)30(36)21-35(27-13-9-12-26(32)19-27)40(38,39)28-16-14-22(3)15-17-28/h8-19,24,29H,6-7,20-21H2,1-5H3,(H,33,37). The van der Waals surface area contributed by atoms with Gasteiger partial charge in [0.15, 0.2) is 0 Å². The van der Waals surface area contributed by atoms with Crippen LogP contribution in [0.15, 0.2) is 82.2 Å². The Labute approximate surface area is 246 Å². The van der Waals surface area contributed by atoms with E-state index in [1.165, 1.54) is 4.90 Å². The van der Waals surface area contributed by atoms with Crippen molar-refractivity contribution in [2.24, 2.45) is 0 Å². The summed E-state index contributed by atoms with van der Waals surface area (Å²) in [6.07, 6.45) is 1.13. The first-order chi connectivity index (χ1) is 19.0. The number of hydrogen-bond donors (Lipinski definition) is 1. The van der Waals surface area contributed by atoms with Crippen molar-refractivity contribution < 1.29 is 18.0 Å². The highest BCUT2D eigenvalue weighted by molar-refractivity contribution is 9.10. The summed E-state index contributed by atoms with van der Waals surface area (Å²) in [5.41, 5.74) is 3.15. The zero-order valence-electron chi connectivity index (χ0n) is 23.7. The fraction of sp³-hybridized carbons (Fsp3) is 0.355. The highest BCUT2D eigenvalue weighted by Gasteiger charge is 2.34. The lowest BCUT2D eigenvalue weighted by Gasteiger charge is -2.33. The molecule has 40 heavy (non-hydrogen) atoms. The fourth-order valence-electron chi connectivity index (χ4n) is 4.37. The van der Waals surface area contributed by atoms with E-state index in [-0.39, 0.29) is 23.4 Å². The van der Waals surface area contributed by atoms with Crippen LogP contribution in [0.2, 0.25) is 0 Å². The highest BCUT2D eigenvalue weighted by atomic mass is 79.9.